The molecule has 0 bridgehead atoms. The van der Waals surface area contributed by atoms with Gasteiger partial charge in [0.15, 0.2) is 0 Å². The lowest BCUT2D eigenvalue weighted by Gasteiger charge is -2.21. The molecule has 0 fully saturated rings. The minimum atomic E-state index is 0.643. The van der Waals surface area contributed by atoms with E-state index in [0.717, 1.165) is 23.7 Å². The first-order valence-electron chi connectivity index (χ1n) is 6.89. The smallest absolute Gasteiger partial charge is 0.123 e. The highest BCUT2D eigenvalue weighted by molar-refractivity contribution is 5.60. The number of anilines is 2. The Morgan fingerprint density at radius 2 is 1.90 bits per heavy atom. The van der Waals surface area contributed by atoms with Crippen molar-refractivity contribution < 1.29 is 4.74 Å². The first kappa shape index (κ1) is 14.3. The molecule has 2 aromatic rings. The molecule has 0 aliphatic carbocycles. The van der Waals surface area contributed by atoms with Crippen molar-refractivity contribution in [3.05, 3.63) is 53.6 Å². The van der Waals surface area contributed by atoms with Gasteiger partial charge < -0.3 is 15.4 Å². The Morgan fingerprint density at radius 1 is 1.15 bits per heavy atom. The lowest BCUT2D eigenvalue weighted by molar-refractivity contribution is 0.340. The molecule has 2 rings (SSSR count). The third-order valence-corrected chi connectivity index (χ3v) is 3.33. The van der Waals surface area contributed by atoms with Gasteiger partial charge in [0.25, 0.3) is 0 Å². The number of benzene rings is 2. The summed E-state index contributed by atoms with van der Waals surface area (Å²) in [6.07, 6.45) is 0. The Morgan fingerprint density at radius 3 is 2.60 bits per heavy atom. The first-order valence-corrected chi connectivity index (χ1v) is 6.89. The fraction of sp³-hybridized carbons (Fsp3) is 0.294. The number of hydrogen-bond donors (Lipinski definition) is 1. The van der Waals surface area contributed by atoms with Gasteiger partial charge in [-0.1, -0.05) is 24.3 Å². The molecular formula is C17H22N2O. The summed E-state index contributed by atoms with van der Waals surface area (Å²) >= 11 is 0. The van der Waals surface area contributed by atoms with Crippen molar-refractivity contribution in [2.45, 2.75) is 20.4 Å². The van der Waals surface area contributed by atoms with Crippen molar-refractivity contribution in [1.29, 1.82) is 0 Å². The highest BCUT2D eigenvalue weighted by atomic mass is 16.5. The van der Waals surface area contributed by atoms with Gasteiger partial charge in [-0.15, -0.1) is 0 Å². The third-order valence-electron chi connectivity index (χ3n) is 3.33. The minimum absolute atomic E-state index is 0.643. The number of nitrogen functional groups attached to an aromatic ring is 1. The summed E-state index contributed by atoms with van der Waals surface area (Å²) in [5, 5.41) is 0. The van der Waals surface area contributed by atoms with Crippen LogP contribution in [-0.4, -0.2) is 13.7 Å². The van der Waals surface area contributed by atoms with E-state index in [-0.39, 0.29) is 0 Å². The van der Waals surface area contributed by atoms with Crippen molar-refractivity contribution in [3.8, 4) is 5.75 Å². The van der Waals surface area contributed by atoms with Crippen LogP contribution in [0.5, 0.6) is 5.75 Å². The van der Waals surface area contributed by atoms with Crippen molar-refractivity contribution in [3.63, 3.8) is 0 Å². The summed E-state index contributed by atoms with van der Waals surface area (Å²) in [5.74, 6) is 0.819. The molecule has 0 heterocycles. The van der Waals surface area contributed by atoms with E-state index in [0.29, 0.717) is 6.61 Å². The molecule has 0 aliphatic heterocycles. The molecule has 0 unspecified atom stereocenters. The molecular weight excluding hydrogens is 248 g/mol. The van der Waals surface area contributed by atoms with Crippen LogP contribution >= 0.6 is 0 Å². The van der Waals surface area contributed by atoms with Crippen LogP contribution in [0.25, 0.3) is 0 Å². The highest BCUT2D eigenvalue weighted by Crippen LogP contribution is 2.26. The van der Waals surface area contributed by atoms with Gasteiger partial charge in [-0.3, -0.25) is 0 Å². The molecule has 0 spiro atoms. The molecule has 3 nitrogen and oxygen atoms in total. The van der Waals surface area contributed by atoms with Crippen molar-refractivity contribution in [2.24, 2.45) is 0 Å². The van der Waals surface area contributed by atoms with Crippen LogP contribution in [0.15, 0.2) is 42.5 Å². The molecule has 2 N–H and O–H groups in total. The SMILES string of the molecule is CCOc1cc(N)cc(N(C)Cc2ccccc2C)c1. The average Bonchev–Trinajstić information content (AvgIpc) is 2.41. The molecule has 0 amide bonds. The summed E-state index contributed by atoms with van der Waals surface area (Å²) in [7, 11) is 2.07. The Labute approximate surface area is 121 Å². The predicted octanol–water partition coefficient (Wildman–Crippen LogP) is 3.61. The second-order valence-electron chi connectivity index (χ2n) is 4.98. The number of nitrogens with zero attached hydrogens (tertiary/aromatic N) is 1. The number of ether oxygens (including phenoxy) is 1. The summed E-state index contributed by atoms with van der Waals surface area (Å²) in [6, 6.07) is 14.3. The third kappa shape index (κ3) is 3.44. The van der Waals surface area contributed by atoms with Crippen LogP contribution in [0.4, 0.5) is 11.4 Å². The molecule has 0 aromatic heterocycles. The normalized spacial score (nSPS) is 10.3. The predicted molar refractivity (Wildman–Crippen MR) is 85.3 cm³/mol. The molecule has 0 saturated carbocycles. The molecule has 0 saturated heterocycles. The van der Waals surface area contributed by atoms with Crippen LogP contribution in [-0.2, 0) is 6.54 Å². The van der Waals surface area contributed by atoms with E-state index in [1.54, 1.807) is 0 Å². The molecule has 106 valence electrons. The van der Waals surface area contributed by atoms with Crippen LogP contribution in [0.1, 0.15) is 18.1 Å². The van der Waals surface area contributed by atoms with Crippen molar-refractivity contribution >= 4 is 11.4 Å². The van der Waals surface area contributed by atoms with Crippen molar-refractivity contribution in [1.82, 2.24) is 0 Å². The van der Waals surface area contributed by atoms with Crippen LogP contribution in [0, 0.1) is 6.92 Å². The van der Waals surface area contributed by atoms with E-state index >= 15 is 0 Å². The monoisotopic (exact) mass is 270 g/mol. The molecule has 0 aliphatic rings. The Hall–Kier alpha value is -2.16. The lowest BCUT2D eigenvalue weighted by atomic mass is 10.1. The maximum atomic E-state index is 5.94. The van der Waals surface area contributed by atoms with Gasteiger partial charge in [0.2, 0.25) is 0 Å². The Kier molecular flexibility index (Phi) is 4.51. The first-order chi connectivity index (χ1) is 9.60. The Bertz CT molecular complexity index is 581. The fourth-order valence-corrected chi connectivity index (χ4v) is 2.21. The van der Waals surface area contributed by atoms with Gasteiger partial charge in [-0.05, 0) is 31.0 Å². The topological polar surface area (TPSA) is 38.5 Å². The lowest BCUT2D eigenvalue weighted by Crippen LogP contribution is -2.17. The summed E-state index contributed by atoms with van der Waals surface area (Å²) < 4.78 is 5.54. The second-order valence-corrected chi connectivity index (χ2v) is 4.98. The summed E-state index contributed by atoms with van der Waals surface area (Å²) in [4.78, 5) is 2.18. The van der Waals surface area contributed by atoms with Crippen LogP contribution in [0.3, 0.4) is 0 Å². The summed E-state index contributed by atoms with van der Waals surface area (Å²) in [5.41, 5.74) is 10.3. The molecule has 3 heteroatoms. The number of aryl methyl sites for hydroxylation is 1. The van der Waals surface area contributed by atoms with Crippen LogP contribution < -0.4 is 15.4 Å². The van der Waals surface area contributed by atoms with Gasteiger partial charge in [-0.2, -0.15) is 0 Å². The minimum Gasteiger partial charge on any atom is -0.494 e. The van der Waals surface area contributed by atoms with E-state index in [4.69, 9.17) is 10.5 Å². The maximum absolute atomic E-state index is 5.94. The zero-order valence-corrected chi connectivity index (χ0v) is 12.4. The highest BCUT2D eigenvalue weighted by Gasteiger charge is 2.07. The Balaban J connectivity index is 2.20. The summed E-state index contributed by atoms with van der Waals surface area (Å²) in [6.45, 7) is 5.60. The van der Waals surface area contributed by atoms with Gasteiger partial charge >= 0.3 is 0 Å². The second kappa shape index (κ2) is 6.33. The van der Waals surface area contributed by atoms with E-state index in [1.807, 2.05) is 25.1 Å². The number of nitrogens with two attached hydrogens (primary N) is 1. The number of hydrogen-bond acceptors (Lipinski definition) is 3. The molecule has 20 heavy (non-hydrogen) atoms. The van der Waals surface area contributed by atoms with E-state index < -0.39 is 0 Å². The van der Waals surface area contributed by atoms with Gasteiger partial charge in [0, 0.05) is 37.1 Å². The average molecular weight is 270 g/mol. The molecule has 0 radical (unpaired) electrons. The molecule has 0 atom stereocenters. The molecule has 2 aromatic carbocycles. The van der Waals surface area contributed by atoms with Gasteiger partial charge in [-0.25, -0.2) is 0 Å². The number of rotatable bonds is 5. The van der Waals surface area contributed by atoms with E-state index in [2.05, 4.69) is 43.1 Å². The zero-order valence-electron chi connectivity index (χ0n) is 12.4. The van der Waals surface area contributed by atoms with Crippen molar-refractivity contribution in [2.75, 3.05) is 24.3 Å². The quantitative estimate of drug-likeness (QED) is 0.843. The largest absolute Gasteiger partial charge is 0.494 e. The maximum Gasteiger partial charge on any atom is 0.123 e. The van der Waals surface area contributed by atoms with E-state index in [1.165, 1.54) is 11.1 Å². The zero-order chi connectivity index (χ0) is 14.5. The van der Waals surface area contributed by atoms with E-state index in [9.17, 15) is 0 Å². The van der Waals surface area contributed by atoms with Crippen LogP contribution in [0.2, 0.25) is 0 Å². The van der Waals surface area contributed by atoms with Gasteiger partial charge in [0.1, 0.15) is 5.75 Å². The fourth-order valence-electron chi connectivity index (χ4n) is 2.21. The van der Waals surface area contributed by atoms with Gasteiger partial charge in [0.05, 0.1) is 6.61 Å². The standard InChI is InChI=1S/C17H22N2O/c1-4-20-17-10-15(18)9-16(11-17)19(3)12-14-8-6-5-7-13(14)2/h5-11H,4,12,18H2,1-3H3.